The van der Waals surface area contributed by atoms with Crippen LogP contribution in [0.4, 0.5) is 0 Å². The van der Waals surface area contributed by atoms with Crippen LogP contribution in [0.5, 0.6) is 5.75 Å². The highest BCUT2D eigenvalue weighted by Gasteiger charge is 2.11. The van der Waals surface area contributed by atoms with E-state index in [0.29, 0.717) is 48.2 Å². The lowest BCUT2D eigenvalue weighted by atomic mass is 10.1. The van der Waals surface area contributed by atoms with E-state index in [1.54, 1.807) is 18.2 Å². The number of benzene rings is 1. The monoisotopic (exact) mass is 383 g/mol. The van der Waals surface area contributed by atoms with Gasteiger partial charge in [-0.15, -0.1) is 0 Å². The zero-order valence-corrected chi connectivity index (χ0v) is 16.2. The van der Waals surface area contributed by atoms with Crippen LogP contribution in [0, 0.1) is 13.8 Å². The first-order valence-electron chi connectivity index (χ1n) is 8.22. The minimum absolute atomic E-state index is 0.0344. The predicted molar refractivity (Wildman–Crippen MR) is 101 cm³/mol. The Kier molecular flexibility index (Phi) is 7.14. The Balaban J connectivity index is 1.65. The van der Waals surface area contributed by atoms with Gasteiger partial charge in [-0.25, -0.2) is 0 Å². The molecule has 0 fully saturated rings. The first-order chi connectivity index (χ1) is 11.9. The largest absolute Gasteiger partial charge is 0.492 e. The SMILES string of the molecule is Cc1nn(C)c(C)c1CCC(=O)NCCCOc1ccc(Cl)cc1Cl. The standard InChI is InChI=1S/C18H23Cl2N3O2/c1-12-15(13(2)23(3)22-12)6-8-18(24)21-9-4-10-25-17-7-5-14(19)11-16(17)20/h5,7,11H,4,6,8-10H2,1-3H3,(H,21,24). The van der Waals surface area contributed by atoms with Gasteiger partial charge >= 0.3 is 0 Å². The second-order valence-corrected chi connectivity index (χ2v) is 6.74. The van der Waals surface area contributed by atoms with Crippen LogP contribution in [0.1, 0.15) is 29.8 Å². The Bertz CT molecular complexity index is 744. The molecule has 0 aliphatic carbocycles. The van der Waals surface area contributed by atoms with E-state index >= 15 is 0 Å². The summed E-state index contributed by atoms with van der Waals surface area (Å²) in [5.41, 5.74) is 3.25. The lowest BCUT2D eigenvalue weighted by molar-refractivity contribution is -0.121. The van der Waals surface area contributed by atoms with Crippen LogP contribution in [0.25, 0.3) is 0 Å². The molecule has 2 rings (SSSR count). The number of amides is 1. The fourth-order valence-corrected chi connectivity index (χ4v) is 3.04. The molecule has 1 amide bonds. The Hall–Kier alpha value is -1.72. The van der Waals surface area contributed by atoms with Gasteiger partial charge in [0.05, 0.1) is 17.3 Å². The molecule has 1 aromatic carbocycles. The van der Waals surface area contributed by atoms with Gasteiger partial charge in [-0.1, -0.05) is 23.2 Å². The molecule has 0 atom stereocenters. The molecule has 0 aliphatic rings. The van der Waals surface area contributed by atoms with Crippen LogP contribution < -0.4 is 10.1 Å². The van der Waals surface area contributed by atoms with Crippen LogP contribution >= 0.6 is 23.2 Å². The third-order valence-corrected chi connectivity index (χ3v) is 4.59. The van der Waals surface area contributed by atoms with Gasteiger partial charge in [0.2, 0.25) is 5.91 Å². The molecule has 1 aromatic heterocycles. The first kappa shape index (κ1) is 19.6. The zero-order chi connectivity index (χ0) is 18.4. The molecule has 1 heterocycles. The molecule has 0 saturated carbocycles. The van der Waals surface area contributed by atoms with Crippen molar-refractivity contribution in [3.8, 4) is 5.75 Å². The summed E-state index contributed by atoms with van der Waals surface area (Å²) < 4.78 is 7.43. The minimum atomic E-state index is 0.0344. The average molecular weight is 384 g/mol. The predicted octanol–water partition coefficient (Wildman–Crippen LogP) is 3.86. The maximum Gasteiger partial charge on any atom is 0.220 e. The van der Waals surface area contributed by atoms with Crippen molar-refractivity contribution in [1.82, 2.24) is 15.1 Å². The number of carbonyl (C=O) groups excluding carboxylic acids is 1. The molecule has 0 bridgehead atoms. The van der Waals surface area contributed by atoms with E-state index in [1.165, 1.54) is 0 Å². The number of hydrogen-bond donors (Lipinski definition) is 1. The zero-order valence-electron chi connectivity index (χ0n) is 14.7. The molecule has 5 nitrogen and oxygen atoms in total. The quantitative estimate of drug-likeness (QED) is 0.704. The van der Waals surface area contributed by atoms with E-state index < -0.39 is 0 Å². The number of nitrogens with zero attached hydrogens (tertiary/aromatic N) is 2. The lowest BCUT2D eigenvalue weighted by Gasteiger charge is -2.09. The molecular formula is C18H23Cl2N3O2. The van der Waals surface area contributed by atoms with Crippen LogP contribution in [0.2, 0.25) is 10.0 Å². The summed E-state index contributed by atoms with van der Waals surface area (Å²) in [5.74, 6) is 0.632. The third-order valence-electron chi connectivity index (χ3n) is 4.06. The first-order valence-corrected chi connectivity index (χ1v) is 8.97. The van der Waals surface area contributed by atoms with Crippen molar-refractivity contribution in [1.29, 1.82) is 0 Å². The van der Waals surface area contributed by atoms with Crippen molar-refractivity contribution in [3.05, 3.63) is 45.2 Å². The van der Waals surface area contributed by atoms with Crippen molar-refractivity contribution in [3.63, 3.8) is 0 Å². The Morgan fingerprint density at radius 1 is 1.32 bits per heavy atom. The fraction of sp³-hybridized carbons (Fsp3) is 0.444. The number of carbonyl (C=O) groups is 1. The van der Waals surface area contributed by atoms with E-state index in [4.69, 9.17) is 27.9 Å². The molecule has 0 radical (unpaired) electrons. The molecule has 0 saturated heterocycles. The van der Waals surface area contributed by atoms with Gasteiger partial charge in [0.25, 0.3) is 0 Å². The number of aryl methyl sites for hydroxylation is 2. The van der Waals surface area contributed by atoms with Crippen LogP contribution in [-0.2, 0) is 18.3 Å². The highest BCUT2D eigenvalue weighted by Crippen LogP contribution is 2.27. The van der Waals surface area contributed by atoms with Crippen molar-refractivity contribution in [2.45, 2.75) is 33.1 Å². The van der Waals surface area contributed by atoms with Gasteiger partial charge in [0, 0.05) is 30.7 Å². The summed E-state index contributed by atoms with van der Waals surface area (Å²) in [7, 11) is 1.92. The van der Waals surface area contributed by atoms with Gasteiger partial charge in [-0.05, 0) is 50.5 Å². The Labute approximate surface area is 158 Å². The van der Waals surface area contributed by atoms with Crippen LogP contribution in [0.3, 0.4) is 0 Å². The van der Waals surface area contributed by atoms with E-state index in [9.17, 15) is 4.79 Å². The number of ether oxygens (including phenoxy) is 1. The van der Waals surface area contributed by atoms with Gasteiger partial charge in [-0.3, -0.25) is 9.48 Å². The molecule has 7 heteroatoms. The molecule has 136 valence electrons. The van der Waals surface area contributed by atoms with Crippen molar-refractivity contribution < 1.29 is 9.53 Å². The average Bonchev–Trinajstić information content (AvgIpc) is 2.79. The molecule has 0 aliphatic heterocycles. The van der Waals surface area contributed by atoms with Crippen LogP contribution in [-0.4, -0.2) is 28.8 Å². The Morgan fingerprint density at radius 3 is 2.72 bits per heavy atom. The summed E-state index contributed by atoms with van der Waals surface area (Å²) in [4.78, 5) is 12.0. The number of aromatic nitrogens is 2. The summed E-state index contributed by atoms with van der Waals surface area (Å²) in [6, 6.07) is 5.11. The van der Waals surface area contributed by atoms with Gasteiger partial charge in [-0.2, -0.15) is 5.10 Å². The van der Waals surface area contributed by atoms with Gasteiger partial charge in [0.15, 0.2) is 0 Å². The van der Waals surface area contributed by atoms with Crippen LogP contribution in [0.15, 0.2) is 18.2 Å². The molecule has 2 aromatic rings. The van der Waals surface area contributed by atoms with Gasteiger partial charge in [0.1, 0.15) is 5.75 Å². The summed E-state index contributed by atoms with van der Waals surface area (Å²) >= 11 is 11.9. The number of rotatable bonds is 8. The summed E-state index contributed by atoms with van der Waals surface area (Å²) in [5, 5.41) is 8.33. The molecule has 25 heavy (non-hydrogen) atoms. The summed E-state index contributed by atoms with van der Waals surface area (Å²) in [6.45, 7) is 5.03. The van der Waals surface area contributed by atoms with Crippen molar-refractivity contribution in [2.24, 2.45) is 7.05 Å². The minimum Gasteiger partial charge on any atom is -0.492 e. The number of halogens is 2. The van der Waals surface area contributed by atoms with E-state index in [-0.39, 0.29) is 5.91 Å². The van der Waals surface area contributed by atoms with E-state index in [0.717, 1.165) is 17.0 Å². The third kappa shape index (κ3) is 5.65. The lowest BCUT2D eigenvalue weighted by Crippen LogP contribution is -2.25. The number of hydrogen-bond acceptors (Lipinski definition) is 3. The molecule has 1 N–H and O–H groups in total. The number of nitrogens with one attached hydrogen (secondary N) is 1. The second kappa shape index (κ2) is 9.11. The maximum atomic E-state index is 12.0. The highest BCUT2D eigenvalue weighted by molar-refractivity contribution is 6.35. The molecule has 0 unspecified atom stereocenters. The molecular weight excluding hydrogens is 361 g/mol. The van der Waals surface area contributed by atoms with Gasteiger partial charge < -0.3 is 10.1 Å². The fourth-order valence-electron chi connectivity index (χ4n) is 2.58. The molecule has 0 spiro atoms. The maximum absolute atomic E-state index is 12.0. The normalized spacial score (nSPS) is 10.8. The van der Waals surface area contributed by atoms with E-state index in [2.05, 4.69) is 10.4 Å². The van der Waals surface area contributed by atoms with E-state index in [1.807, 2.05) is 25.6 Å². The second-order valence-electron chi connectivity index (χ2n) is 5.90. The smallest absolute Gasteiger partial charge is 0.220 e. The highest BCUT2D eigenvalue weighted by atomic mass is 35.5. The topological polar surface area (TPSA) is 56.2 Å². The van der Waals surface area contributed by atoms with Crippen molar-refractivity contribution >= 4 is 29.1 Å². The van der Waals surface area contributed by atoms with Crippen molar-refractivity contribution in [2.75, 3.05) is 13.2 Å². The summed E-state index contributed by atoms with van der Waals surface area (Å²) in [6.07, 6.45) is 1.86. The Morgan fingerprint density at radius 2 is 2.08 bits per heavy atom.